The number of hydrogen-bond donors (Lipinski definition) is 0. The predicted octanol–water partition coefficient (Wildman–Crippen LogP) is 4.63. The highest BCUT2D eigenvalue weighted by molar-refractivity contribution is 14.1. The third-order valence-corrected chi connectivity index (χ3v) is 7.57. The van der Waals surface area contributed by atoms with Crippen LogP contribution in [-0.4, -0.2) is 30.9 Å². The normalized spacial score (nSPS) is 15.2. The summed E-state index contributed by atoms with van der Waals surface area (Å²) in [5.74, 6) is 0.507. The van der Waals surface area contributed by atoms with Crippen molar-refractivity contribution in [3.05, 3.63) is 99.7 Å². The molecule has 0 N–H and O–H groups in total. The van der Waals surface area contributed by atoms with Crippen molar-refractivity contribution in [2.24, 2.45) is 4.99 Å². The molecular formula is C27H24ClIN2O5S. The number of carbonyl (C=O) groups is 1. The van der Waals surface area contributed by atoms with Crippen molar-refractivity contribution >= 4 is 57.6 Å². The van der Waals surface area contributed by atoms with Gasteiger partial charge < -0.3 is 14.2 Å². The SMILES string of the molecule is C=CCOc1c(/C=c2\sc3n(c2=O)[C@H](c2ccccc2Cl)C(C(=O)OCC)=C(C)N=3)cc(I)cc1OC. The van der Waals surface area contributed by atoms with Gasteiger partial charge in [-0.3, -0.25) is 9.36 Å². The van der Waals surface area contributed by atoms with Gasteiger partial charge in [0.25, 0.3) is 5.56 Å². The minimum atomic E-state index is -0.784. The number of ether oxygens (including phenoxy) is 3. The Morgan fingerprint density at radius 2 is 2.08 bits per heavy atom. The number of fused-ring (bicyclic) bond motifs is 1. The average molecular weight is 651 g/mol. The zero-order chi connectivity index (χ0) is 26.7. The van der Waals surface area contributed by atoms with E-state index in [0.717, 1.165) is 3.57 Å². The van der Waals surface area contributed by atoms with Gasteiger partial charge in [-0.1, -0.05) is 53.8 Å². The highest BCUT2D eigenvalue weighted by Crippen LogP contribution is 2.35. The van der Waals surface area contributed by atoms with Gasteiger partial charge in [-0.15, -0.1) is 0 Å². The maximum atomic E-state index is 13.9. The molecule has 1 atom stereocenters. The molecule has 0 saturated carbocycles. The van der Waals surface area contributed by atoms with Gasteiger partial charge in [-0.25, -0.2) is 9.79 Å². The van der Waals surface area contributed by atoms with Gasteiger partial charge in [0.15, 0.2) is 16.3 Å². The molecule has 0 radical (unpaired) electrons. The molecule has 0 amide bonds. The number of esters is 1. The van der Waals surface area contributed by atoms with Crippen LogP contribution < -0.4 is 24.4 Å². The number of carbonyl (C=O) groups excluding carboxylic acids is 1. The number of halogens is 2. The Kier molecular flexibility index (Phi) is 8.56. The zero-order valence-electron chi connectivity index (χ0n) is 20.4. The Morgan fingerprint density at radius 3 is 2.76 bits per heavy atom. The third kappa shape index (κ3) is 5.39. The number of benzene rings is 2. The summed E-state index contributed by atoms with van der Waals surface area (Å²) in [4.78, 5) is 32.0. The van der Waals surface area contributed by atoms with E-state index in [9.17, 15) is 9.59 Å². The van der Waals surface area contributed by atoms with E-state index in [0.29, 0.717) is 42.7 Å². The predicted molar refractivity (Wildman–Crippen MR) is 153 cm³/mol. The van der Waals surface area contributed by atoms with E-state index < -0.39 is 12.0 Å². The van der Waals surface area contributed by atoms with Gasteiger partial charge in [-0.2, -0.15) is 0 Å². The first-order valence-corrected chi connectivity index (χ1v) is 13.6. The van der Waals surface area contributed by atoms with E-state index in [2.05, 4.69) is 34.2 Å². The highest BCUT2D eigenvalue weighted by atomic mass is 127. The summed E-state index contributed by atoms with van der Waals surface area (Å²) in [5, 5.41) is 0.432. The zero-order valence-corrected chi connectivity index (χ0v) is 24.1. The molecule has 3 aromatic rings. The van der Waals surface area contributed by atoms with Crippen LogP contribution in [0, 0.1) is 3.57 Å². The van der Waals surface area contributed by atoms with Crippen LogP contribution in [0.2, 0.25) is 5.02 Å². The Balaban J connectivity index is 1.99. The van der Waals surface area contributed by atoms with E-state index in [4.69, 9.17) is 25.8 Å². The van der Waals surface area contributed by atoms with Crippen LogP contribution in [0.1, 0.15) is 31.0 Å². The van der Waals surface area contributed by atoms with Crippen molar-refractivity contribution in [2.45, 2.75) is 19.9 Å². The average Bonchev–Trinajstić information content (AvgIpc) is 3.17. The highest BCUT2D eigenvalue weighted by Gasteiger charge is 2.34. The van der Waals surface area contributed by atoms with E-state index in [-0.39, 0.29) is 24.3 Å². The Hall–Kier alpha value is -2.89. The molecule has 7 nitrogen and oxygen atoms in total. The number of methoxy groups -OCH3 is 1. The lowest BCUT2D eigenvalue weighted by Crippen LogP contribution is -2.40. The van der Waals surface area contributed by atoms with Crippen molar-refractivity contribution in [1.82, 2.24) is 4.57 Å². The van der Waals surface area contributed by atoms with Crippen molar-refractivity contribution in [1.29, 1.82) is 0 Å². The molecule has 0 spiro atoms. The fraction of sp³-hybridized carbons (Fsp3) is 0.222. The summed E-state index contributed by atoms with van der Waals surface area (Å²) in [6.45, 7) is 7.64. The minimum Gasteiger partial charge on any atom is -0.493 e. The van der Waals surface area contributed by atoms with Gasteiger partial charge in [0.05, 0.1) is 29.5 Å². The lowest BCUT2D eigenvalue weighted by atomic mass is 9.96. The first-order chi connectivity index (χ1) is 17.8. The molecule has 1 aliphatic heterocycles. The second-order valence-electron chi connectivity index (χ2n) is 7.95. The van der Waals surface area contributed by atoms with Gasteiger partial charge in [0.2, 0.25) is 0 Å². The number of hydrogen-bond acceptors (Lipinski definition) is 7. The topological polar surface area (TPSA) is 79.1 Å². The molecule has 2 heterocycles. The molecule has 0 aliphatic carbocycles. The van der Waals surface area contributed by atoms with Crippen LogP contribution in [0.5, 0.6) is 11.5 Å². The van der Waals surface area contributed by atoms with Crippen LogP contribution in [0.15, 0.2) is 70.1 Å². The van der Waals surface area contributed by atoms with Gasteiger partial charge in [0, 0.05) is 14.2 Å². The van der Waals surface area contributed by atoms with E-state index in [1.165, 1.54) is 15.9 Å². The number of aromatic nitrogens is 1. The Morgan fingerprint density at radius 1 is 1.32 bits per heavy atom. The van der Waals surface area contributed by atoms with Crippen LogP contribution in [0.3, 0.4) is 0 Å². The lowest BCUT2D eigenvalue weighted by Gasteiger charge is -2.25. The molecule has 37 heavy (non-hydrogen) atoms. The number of allylic oxidation sites excluding steroid dienone is 1. The molecule has 0 fully saturated rings. The first-order valence-electron chi connectivity index (χ1n) is 11.4. The quantitative estimate of drug-likeness (QED) is 0.202. The Bertz CT molecular complexity index is 1590. The summed E-state index contributed by atoms with van der Waals surface area (Å²) in [6.07, 6.45) is 3.39. The van der Waals surface area contributed by atoms with Crippen LogP contribution in [0.25, 0.3) is 6.08 Å². The maximum absolute atomic E-state index is 13.9. The van der Waals surface area contributed by atoms with Crippen LogP contribution >= 0.6 is 45.5 Å². The fourth-order valence-corrected chi connectivity index (χ4v) is 5.96. The summed E-state index contributed by atoms with van der Waals surface area (Å²) < 4.78 is 19.6. The minimum absolute atomic E-state index is 0.192. The molecule has 2 aromatic carbocycles. The molecule has 10 heteroatoms. The summed E-state index contributed by atoms with van der Waals surface area (Å²) in [7, 11) is 1.56. The van der Waals surface area contributed by atoms with Crippen molar-refractivity contribution < 1.29 is 19.0 Å². The van der Waals surface area contributed by atoms with E-state index >= 15 is 0 Å². The number of thiazole rings is 1. The smallest absolute Gasteiger partial charge is 0.338 e. The molecule has 192 valence electrons. The van der Waals surface area contributed by atoms with Crippen LogP contribution in [-0.2, 0) is 9.53 Å². The molecule has 1 aliphatic rings. The standard InChI is InChI=1S/C27H24ClIN2O5S/c1-5-11-36-24-16(12-17(29)14-20(24)34-4)13-21-25(32)31-23(18-9-7-8-10-19(18)28)22(26(33)35-6-2)15(3)30-27(31)37-21/h5,7-10,12-14,23H,1,6,11H2,2-4H3/b21-13-/t23-/m1/s1. The lowest BCUT2D eigenvalue weighted by molar-refractivity contribution is -0.139. The van der Waals surface area contributed by atoms with Gasteiger partial charge >= 0.3 is 5.97 Å². The van der Waals surface area contributed by atoms with Crippen LogP contribution in [0.4, 0.5) is 0 Å². The Labute approximate surface area is 236 Å². The molecule has 4 rings (SSSR count). The third-order valence-electron chi connectivity index (χ3n) is 5.62. The van der Waals surface area contributed by atoms with E-state index in [1.807, 2.05) is 18.2 Å². The fourth-order valence-electron chi connectivity index (χ4n) is 4.07. The van der Waals surface area contributed by atoms with Crippen molar-refractivity contribution in [3.63, 3.8) is 0 Å². The van der Waals surface area contributed by atoms with Crippen molar-refractivity contribution in [3.8, 4) is 11.5 Å². The first kappa shape index (κ1) is 27.2. The van der Waals surface area contributed by atoms with E-state index in [1.54, 1.807) is 51.3 Å². The van der Waals surface area contributed by atoms with Gasteiger partial charge in [0.1, 0.15) is 12.6 Å². The second-order valence-corrected chi connectivity index (χ2v) is 10.6. The number of rotatable bonds is 8. The summed E-state index contributed by atoms with van der Waals surface area (Å²) in [5.41, 5.74) is 1.73. The van der Waals surface area contributed by atoms with Gasteiger partial charge in [-0.05, 0) is 66.3 Å². The molecule has 1 aromatic heterocycles. The largest absolute Gasteiger partial charge is 0.493 e. The molecule has 0 bridgehead atoms. The molecule has 0 unspecified atom stereocenters. The second kappa shape index (κ2) is 11.7. The maximum Gasteiger partial charge on any atom is 0.338 e. The summed E-state index contributed by atoms with van der Waals surface area (Å²) >= 11 is 9.97. The summed E-state index contributed by atoms with van der Waals surface area (Å²) in [6, 6.07) is 10.1. The van der Waals surface area contributed by atoms with Crippen molar-refractivity contribution in [2.75, 3.05) is 20.3 Å². The molecule has 0 saturated heterocycles. The molecular weight excluding hydrogens is 627 g/mol. The number of nitrogens with zero attached hydrogens (tertiary/aromatic N) is 2. The monoisotopic (exact) mass is 650 g/mol.